The Morgan fingerprint density at radius 1 is 1.17 bits per heavy atom. The fraction of sp³-hybridized carbons (Fsp3) is 0.318. The highest BCUT2D eigenvalue weighted by molar-refractivity contribution is 5.77. The summed E-state index contributed by atoms with van der Waals surface area (Å²) in [7, 11) is 3.46. The van der Waals surface area contributed by atoms with Gasteiger partial charge in [-0.05, 0) is 29.7 Å². The maximum atomic E-state index is 12.4. The molecule has 2 atom stereocenters. The number of carbonyl (C=O) groups excluding carboxylic acids is 1. The number of hydrogen-bond donors (Lipinski definition) is 1. The summed E-state index contributed by atoms with van der Waals surface area (Å²) in [5.41, 5.74) is 8.60. The van der Waals surface area contributed by atoms with Gasteiger partial charge in [-0.25, -0.2) is 0 Å². The average Bonchev–Trinajstić information content (AvgIpc) is 3.26. The molecule has 7 heteroatoms. The van der Waals surface area contributed by atoms with Gasteiger partial charge in [-0.15, -0.1) is 0 Å². The molecular weight excluding hydrogens is 368 g/mol. The molecule has 29 heavy (non-hydrogen) atoms. The molecule has 4 rings (SSSR count). The standard InChI is InChI=1S/C22H24N4O3/c1-26-19(27)12-11-18(20(26)15-7-9-17(28-2)10-8-15)22-24-21(25-29-22)16-5-3-14(13-23)4-6-16/h3-10,18,20H,11-13,23H2,1-2H3. The summed E-state index contributed by atoms with van der Waals surface area (Å²) in [6, 6.07) is 15.4. The monoisotopic (exact) mass is 392 g/mol. The molecule has 1 amide bonds. The Bertz CT molecular complexity index is 982. The van der Waals surface area contributed by atoms with Crippen molar-refractivity contribution in [3.63, 3.8) is 0 Å². The van der Waals surface area contributed by atoms with Crippen molar-refractivity contribution in [3.8, 4) is 17.1 Å². The summed E-state index contributed by atoms with van der Waals surface area (Å²) in [5.74, 6) is 1.89. The van der Waals surface area contributed by atoms with E-state index < -0.39 is 0 Å². The van der Waals surface area contributed by atoms with Gasteiger partial charge in [0.1, 0.15) is 5.75 Å². The summed E-state index contributed by atoms with van der Waals surface area (Å²) in [6.07, 6.45) is 1.12. The van der Waals surface area contributed by atoms with E-state index in [-0.39, 0.29) is 17.9 Å². The fourth-order valence-corrected chi connectivity index (χ4v) is 3.85. The van der Waals surface area contributed by atoms with Crippen molar-refractivity contribution in [2.24, 2.45) is 5.73 Å². The molecule has 0 bridgehead atoms. The number of nitrogens with zero attached hydrogens (tertiary/aromatic N) is 3. The lowest BCUT2D eigenvalue weighted by atomic mass is 9.84. The highest BCUT2D eigenvalue weighted by atomic mass is 16.5. The number of nitrogens with two attached hydrogens (primary N) is 1. The van der Waals surface area contributed by atoms with Crippen LogP contribution in [0.4, 0.5) is 0 Å². The SMILES string of the molecule is COc1ccc(C2C(c3nc(-c4ccc(CN)cc4)no3)CCC(=O)N2C)cc1. The van der Waals surface area contributed by atoms with Gasteiger partial charge >= 0.3 is 0 Å². The molecule has 1 aromatic heterocycles. The number of likely N-dealkylation sites (N-methyl/N-ethyl adjacent to an activating group) is 1. The smallest absolute Gasteiger partial charge is 0.232 e. The molecular formula is C22H24N4O3. The van der Waals surface area contributed by atoms with Crippen LogP contribution >= 0.6 is 0 Å². The third-order valence-electron chi connectivity index (χ3n) is 5.53. The summed E-state index contributed by atoms with van der Waals surface area (Å²) in [5, 5.41) is 4.18. The number of amides is 1. The van der Waals surface area contributed by atoms with Crippen molar-refractivity contribution in [1.29, 1.82) is 0 Å². The molecule has 2 unspecified atom stereocenters. The van der Waals surface area contributed by atoms with E-state index in [0.717, 1.165) is 22.4 Å². The minimum absolute atomic E-state index is 0.0735. The lowest BCUT2D eigenvalue weighted by molar-refractivity contribution is -0.135. The zero-order valence-corrected chi connectivity index (χ0v) is 16.5. The summed E-state index contributed by atoms with van der Waals surface area (Å²) in [4.78, 5) is 18.8. The first kappa shape index (κ1) is 19.1. The average molecular weight is 392 g/mol. The molecule has 2 heterocycles. The second-order valence-corrected chi connectivity index (χ2v) is 7.23. The molecule has 1 saturated heterocycles. The Balaban J connectivity index is 1.65. The number of benzene rings is 2. The Morgan fingerprint density at radius 2 is 1.90 bits per heavy atom. The van der Waals surface area contributed by atoms with Crippen LogP contribution in [0.1, 0.15) is 41.8 Å². The third kappa shape index (κ3) is 3.73. The van der Waals surface area contributed by atoms with Crippen LogP contribution in [0.2, 0.25) is 0 Å². The number of carbonyl (C=O) groups is 1. The van der Waals surface area contributed by atoms with Crippen LogP contribution in [0.5, 0.6) is 5.75 Å². The van der Waals surface area contributed by atoms with E-state index in [0.29, 0.717) is 31.1 Å². The van der Waals surface area contributed by atoms with Crippen LogP contribution in [-0.2, 0) is 11.3 Å². The minimum atomic E-state index is -0.171. The molecule has 1 fully saturated rings. The largest absolute Gasteiger partial charge is 0.497 e. The minimum Gasteiger partial charge on any atom is -0.497 e. The van der Waals surface area contributed by atoms with Crippen LogP contribution in [0.3, 0.4) is 0 Å². The summed E-state index contributed by atoms with van der Waals surface area (Å²) >= 11 is 0. The summed E-state index contributed by atoms with van der Waals surface area (Å²) < 4.78 is 10.9. The molecule has 1 aliphatic rings. The maximum Gasteiger partial charge on any atom is 0.232 e. The van der Waals surface area contributed by atoms with Gasteiger partial charge in [0.2, 0.25) is 17.6 Å². The van der Waals surface area contributed by atoms with Crippen LogP contribution in [0, 0.1) is 0 Å². The molecule has 0 aliphatic carbocycles. The Labute approximate surface area is 169 Å². The van der Waals surface area contributed by atoms with Gasteiger partial charge in [0.15, 0.2) is 0 Å². The predicted octanol–water partition coefficient (Wildman–Crippen LogP) is 3.28. The Hall–Kier alpha value is -3.19. The van der Waals surface area contributed by atoms with E-state index in [1.165, 1.54) is 0 Å². The van der Waals surface area contributed by atoms with Crippen molar-refractivity contribution in [1.82, 2.24) is 15.0 Å². The highest BCUT2D eigenvalue weighted by Crippen LogP contribution is 2.42. The zero-order chi connectivity index (χ0) is 20.4. The first-order valence-corrected chi connectivity index (χ1v) is 9.63. The Morgan fingerprint density at radius 3 is 2.55 bits per heavy atom. The van der Waals surface area contributed by atoms with Crippen molar-refractivity contribution >= 4 is 5.91 Å². The molecule has 7 nitrogen and oxygen atoms in total. The number of likely N-dealkylation sites (tertiary alicyclic amines) is 1. The lowest BCUT2D eigenvalue weighted by Gasteiger charge is -2.37. The highest BCUT2D eigenvalue weighted by Gasteiger charge is 2.38. The second-order valence-electron chi connectivity index (χ2n) is 7.23. The Kier molecular flexibility index (Phi) is 5.31. The van der Waals surface area contributed by atoms with Gasteiger partial charge in [-0.2, -0.15) is 4.98 Å². The first-order chi connectivity index (χ1) is 14.1. The number of piperidine rings is 1. The summed E-state index contributed by atoms with van der Waals surface area (Å²) in [6.45, 7) is 0.490. The number of ether oxygens (including phenoxy) is 1. The van der Waals surface area contributed by atoms with Gasteiger partial charge < -0.3 is 19.9 Å². The number of rotatable bonds is 5. The molecule has 0 saturated carbocycles. The van der Waals surface area contributed by atoms with Crippen molar-refractivity contribution in [2.45, 2.75) is 31.3 Å². The fourth-order valence-electron chi connectivity index (χ4n) is 3.85. The molecule has 1 aliphatic heterocycles. The van der Waals surface area contributed by atoms with E-state index >= 15 is 0 Å². The molecule has 2 aromatic carbocycles. The first-order valence-electron chi connectivity index (χ1n) is 9.63. The van der Waals surface area contributed by atoms with Gasteiger partial charge in [-0.1, -0.05) is 41.6 Å². The predicted molar refractivity (Wildman–Crippen MR) is 108 cm³/mol. The topological polar surface area (TPSA) is 94.5 Å². The van der Waals surface area contributed by atoms with E-state index in [4.69, 9.17) is 15.0 Å². The van der Waals surface area contributed by atoms with E-state index in [1.54, 1.807) is 12.0 Å². The van der Waals surface area contributed by atoms with E-state index in [9.17, 15) is 4.79 Å². The van der Waals surface area contributed by atoms with Crippen LogP contribution in [0.25, 0.3) is 11.4 Å². The molecule has 2 N–H and O–H groups in total. The van der Waals surface area contributed by atoms with Crippen molar-refractivity contribution in [2.75, 3.05) is 14.2 Å². The third-order valence-corrected chi connectivity index (χ3v) is 5.53. The van der Waals surface area contributed by atoms with Gasteiger partial charge in [0.05, 0.1) is 19.1 Å². The van der Waals surface area contributed by atoms with Gasteiger partial charge in [-0.3, -0.25) is 4.79 Å². The number of methoxy groups -OCH3 is 1. The number of aromatic nitrogens is 2. The number of hydrogen-bond acceptors (Lipinski definition) is 6. The molecule has 0 spiro atoms. The van der Waals surface area contributed by atoms with E-state index in [2.05, 4.69) is 10.1 Å². The maximum absolute atomic E-state index is 12.4. The lowest BCUT2D eigenvalue weighted by Crippen LogP contribution is -2.39. The zero-order valence-electron chi connectivity index (χ0n) is 16.5. The van der Waals surface area contributed by atoms with Crippen molar-refractivity contribution in [3.05, 3.63) is 65.5 Å². The van der Waals surface area contributed by atoms with Crippen LogP contribution in [0.15, 0.2) is 53.1 Å². The normalized spacial score (nSPS) is 19.4. The van der Waals surface area contributed by atoms with Gasteiger partial charge in [0.25, 0.3) is 0 Å². The van der Waals surface area contributed by atoms with Crippen LogP contribution < -0.4 is 10.5 Å². The second kappa shape index (κ2) is 8.05. The van der Waals surface area contributed by atoms with E-state index in [1.807, 2.05) is 55.6 Å². The van der Waals surface area contributed by atoms with Gasteiger partial charge in [0, 0.05) is 25.6 Å². The molecule has 0 radical (unpaired) electrons. The quantitative estimate of drug-likeness (QED) is 0.716. The molecule has 150 valence electrons. The molecule has 3 aromatic rings. The van der Waals surface area contributed by atoms with Crippen LogP contribution in [-0.4, -0.2) is 35.1 Å². The van der Waals surface area contributed by atoms with Crippen molar-refractivity contribution < 1.29 is 14.1 Å².